The first kappa shape index (κ1) is 20.6. The molecule has 3 aromatic rings. The van der Waals surface area contributed by atoms with Crippen molar-refractivity contribution in [1.82, 2.24) is 15.2 Å². The van der Waals surface area contributed by atoms with E-state index in [4.69, 9.17) is 0 Å². The van der Waals surface area contributed by atoms with Crippen molar-refractivity contribution in [2.24, 2.45) is 0 Å². The molecule has 160 valence electrons. The summed E-state index contributed by atoms with van der Waals surface area (Å²) in [6.45, 7) is 3.44. The summed E-state index contributed by atoms with van der Waals surface area (Å²) < 4.78 is 0. The van der Waals surface area contributed by atoms with Crippen molar-refractivity contribution in [2.45, 2.75) is 0 Å². The van der Waals surface area contributed by atoms with E-state index in [1.807, 2.05) is 30.3 Å². The second-order valence-electron chi connectivity index (χ2n) is 7.62. The van der Waals surface area contributed by atoms with Gasteiger partial charge in [0.15, 0.2) is 0 Å². The predicted molar refractivity (Wildman–Crippen MR) is 122 cm³/mol. The molecule has 31 heavy (non-hydrogen) atoms. The average molecular weight is 419 g/mol. The minimum Gasteiger partial charge on any atom is -0.367 e. The zero-order valence-electron chi connectivity index (χ0n) is 17.4. The number of para-hydroxylation sites is 3. The first-order valence-corrected chi connectivity index (χ1v) is 10.2. The molecule has 0 saturated carbocycles. The molecule has 2 aromatic carbocycles. The third-order valence-electron chi connectivity index (χ3n) is 5.46. The molecule has 1 fully saturated rings. The van der Waals surface area contributed by atoms with E-state index in [9.17, 15) is 14.4 Å². The van der Waals surface area contributed by atoms with Gasteiger partial charge < -0.3 is 25.4 Å². The van der Waals surface area contributed by atoms with Crippen LogP contribution in [-0.4, -0.2) is 61.5 Å². The van der Waals surface area contributed by atoms with Crippen LogP contribution in [0.25, 0.3) is 10.9 Å². The minimum atomic E-state index is -0.588. The van der Waals surface area contributed by atoms with Gasteiger partial charge in [-0.05, 0) is 31.3 Å². The second kappa shape index (κ2) is 9.01. The number of pyridine rings is 1. The lowest BCUT2D eigenvalue weighted by Gasteiger charge is -2.35. The number of carbonyl (C=O) groups is 2. The van der Waals surface area contributed by atoms with Crippen LogP contribution in [0.4, 0.5) is 11.4 Å². The highest BCUT2D eigenvalue weighted by Gasteiger charge is 2.18. The third kappa shape index (κ3) is 4.59. The van der Waals surface area contributed by atoms with Crippen LogP contribution in [0.1, 0.15) is 10.4 Å². The molecule has 4 rings (SSSR count). The maximum atomic E-state index is 12.6. The molecule has 1 aliphatic heterocycles. The van der Waals surface area contributed by atoms with E-state index in [1.165, 1.54) is 6.20 Å². The van der Waals surface area contributed by atoms with Crippen LogP contribution in [-0.2, 0) is 4.79 Å². The number of amides is 2. The summed E-state index contributed by atoms with van der Waals surface area (Å²) in [4.78, 5) is 45.0. The number of H-pyrrole nitrogens is 1. The van der Waals surface area contributed by atoms with Crippen LogP contribution in [0.15, 0.2) is 59.5 Å². The molecule has 3 N–H and O–H groups in total. The lowest BCUT2D eigenvalue weighted by atomic mass is 10.1. The van der Waals surface area contributed by atoms with Gasteiger partial charge in [0.2, 0.25) is 11.3 Å². The van der Waals surface area contributed by atoms with Gasteiger partial charge in [-0.3, -0.25) is 14.4 Å². The number of nitrogens with zero attached hydrogens (tertiary/aromatic N) is 2. The van der Waals surface area contributed by atoms with Crippen LogP contribution in [0, 0.1) is 0 Å². The number of carbonyl (C=O) groups excluding carboxylic acids is 2. The number of benzene rings is 2. The Morgan fingerprint density at radius 2 is 1.71 bits per heavy atom. The molecule has 0 spiro atoms. The van der Waals surface area contributed by atoms with E-state index in [1.54, 1.807) is 18.2 Å². The number of nitrogens with one attached hydrogen (secondary N) is 3. The molecule has 0 aliphatic carbocycles. The molecule has 2 heterocycles. The molecule has 8 nitrogen and oxygen atoms in total. The van der Waals surface area contributed by atoms with Gasteiger partial charge in [0.25, 0.3) is 5.91 Å². The summed E-state index contributed by atoms with van der Waals surface area (Å²) in [7, 11) is 2.09. The Morgan fingerprint density at radius 1 is 1.00 bits per heavy atom. The Bertz CT molecular complexity index is 1170. The van der Waals surface area contributed by atoms with E-state index >= 15 is 0 Å². The van der Waals surface area contributed by atoms with Crippen LogP contribution in [0.5, 0.6) is 0 Å². The van der Waals surface area contributed by atoms with E-state index in [-0.39, 0.29) is 23.4 Å². The fourth-order valence-corrected chi connectivity index (χ4v) is 3.69. The van der Waals surface area contributed by atoms with Crippen LogP contribution in [0.3, 0.4) is 0 Å². The zero-order valence-corrected chi connectivity index (χ0v) is 17.4. The number of piperazine rings is 1. The van der Waals surface area contributed by atoms with Crippen molar-refractivity contribution >= 4 is 34.1 Å². The highest BCUT2D eigenvalue weighted by molar-refractivity contribution is 6.01. The first-order valence-electron chi connectivity index (χ1n) is 10.2. The van der Waals surface area contributed by atoms with E-state index in [0.717, 1.165) is 31.9 Å². The molecule has 2 amide bonds. The van der Waals surface area contributed by atoms with E-state index < -0.39 is 5.91 Å². The Morgan fingerprint density at radius 3 is 2.52 bits per heavy atom. The van der Waals surface area contributed by atoms with Crippen molar-refractivity contribution in [3.8, 4) is 0 Å². The number of likely N-dealkylation sites (N-methyl/N-ethyl adjacent to an activating group) is 1. The molecule has 0 atom stereocenters. The number of fused-ring (bicyclic) bond motifs is 1. The third-order valence-corrected chi connectivity index (χ3v) is 5.46. The molecule has 1 saturated heterocycles. The summed E-state index contributed by atoms with van der Waals surface area (Å²) in [5.74, 6) is -0.943. The maximum Gasteiger partial charge on any atom is 0.257 e. The second-order valence-corrected chi connectivity index (χ2v) is 7.62. The number of anilines is 2. The lowest BCUT2D eigenvalue weighted by molar-refractivity contribution is -0.115. The number of hydrogen-bond donors (Lipinski definition) is 3. The Labute approximate surface area is 179 Å². The van der Waals surface area contributed by atoms with Crippen molar-refractivity contribution in [3.05, 3.63) is 70.5 Å². The highest BCUT2D eigenvalue weighted by atomic mass is 16.2. The quantitative estimate of drug-likeness (QED) is 0.584. The molecule has 8 heteroatoms. The van der Waals surface area contributed by atoms with Gasteiger partial charge in [-0.1, -0.05) is 24.3 Å². The highest BCUT2D eigenvalue weighted by Crippen LogP contribution is 2.26. The lowest BCUT2D eigenvalue weighted by Crippen LogP contribution is -2.44. The zero-order chi connectivity index (χ0) is 21.8. The van der Waals surface area contributed by atoms with Gasteiger partial charge in [-0.25, -0.2) is 0 Å². The van der Waals surface area contributed by atoms with Gasteiger partial charge in [0.1, 0.15) is 5.56 Å². The molecule has 0 bridgehead atoms. The van der Waals surface area contributed by atoms with Crippen molar-refractivity contribution < 1.29 is 9.59 Å². The number of aromatic amines is 1. The topological polar surface area (TPSA) is 97.5 Å². The summed E-state index contributed by atoms with van der Waals surface area (Å²) in [6, 6.07) is 14.6. The molecular weight excluding hydrogens is 394 g/mol. The van der Waals surface area contributed by atoms with Gasteiger partial charge in [-0.15, -0.1) is 0 Å². The normalized spacial score (nSPS) is 14.4. The van der Waals surface area contributed by atoms with Crippen LogP contribution < -0.4 is 21.0 Å². The van der Waals surface area contributed by atoms with Crippen LogP contribution >= 0.6 is 0 Å². The number of rotatable bonds is 5. The SMILES string of the molecule is CN1CCN(c2ccccc2NC(=O)CNC(=O)c2c[nH]c3ccccc3c2=O)CC1. The standard InChI is InChI=1S/C23H25N5O3/c1-27-10-12-28(13-11-27)20-9-5-4-8-19(20)26-21(29)15-25-23(31)17-14-24-18-7-3-2-6-16(18)22(17)30/h2-9,14H,10-13,15H2,1H3,(H,24,30)(H,25,31)(H,26,29). The van der Waals surface area contributed by atoms with E-state index in [0.29, 0.717) is 16.6 Å². The Kier molecular flexibility index (Phi) is 5.99. The molecule has 0 unspecified atom stereocenters. The van der Waals surface area contributed by atoms with Crippen molar-refractivity contribution in [3.63, 3.8) is 0 Å². The van der Waals surface area contributed by atoms with Gasteiger partial charge in [0.05, 0.1) is 17.9 Å². The first-order chi connectivity index (χ1) is 15.0. The van der Waals surface area contributed by atoms with Gasteiger partial charge in [0, 0.05) is 43.3 Å². The summed E-state index contributed by atoms with van der Waals surface area (Å²) in [5.41, 5.74) is 1.93. The maximum absolute atomic E-state index is 12.6. The fourth-order valence-electron chi connectivity index (χ4n) is 3.69. The Hall–Kier alpha value is -3.65. The molecule has 0 radical (unpaired) electrons. The largest absolute Gasteiger partial charge is 0.367 e. The summed E-state index contributed by atoms with van der Waals surface area (Å²) in [6.07, 6.45) is 1.38. The van der Waals surface area contributed by atoms with Crippen molar-refractivity contribution in [2.75, 3.05) is 50.0 Å². The Balaban J connectivity index is 1.41. The number of hydrogen-bond acceptors (Lipinski definition) is 5. The number of aromatic nitrogens is 1. The molecule has 1 aliphatic rings. The van der Waals surface area contributed by atoms with Gasteiger partial charge in [-0.2, -0.15) is 0 Å². The predicted octanol–water partition coefficient (Wildman–Crippen LogP) is 1.65. The minimum absolute atomic E-state index is 0.0238. The van der Waals surface area contributed by atoms with Crippen LogP contribution in [0.2, 0.25) is 0 Å². The van der Waals surface area contributed by atoms with Crippen molar-refractivity contribution in [1.29, 1.82) is 0 Å². The van der Waals surface area contributed by atoms with Gasteiger partial charge >= 0.3 is 0 Å². The molecule has 1 aromatic heterocycles. The summed E-state index contributed by atoms with van der Waals surface area (Å²) >= 11 is 0. The average Bonchev–Trinajstić information content (AvgIpc) is 2.79. The summed E-state index contributed by atoms with van der Waals surface area (Å²) in [5, 5.41) is 5.84. The smallest absolute Gasteiger partial charge is 0.257 e. The fraction of sp³-hybridized carbons (Fsp3) is 0.261. The monoisotopic (exact) mass is 419 g/mol. The molecular formula is C23H25N5O3. The van der Waals surface area contributed by atoms with E-state index in [2.05, 4.69) is 32.5 Å².